The summed E-state index contributed by atoms with van der Waals surface area (Å²) in [5.74, 6) is -0.761. The van der Waals surface area contributed by atoms with Gasteiger partial charge in [0.15, 0.2) is 0 Å². The van der Waals surface area contributed by atoms with Gasteiger partial charge in [-0.3, -0.25) is 4.79 Å². The number of rotatable bonds is 3. The number of methoxy groups -OCH3 is 1. The van der Waals surface area contributed by atoms with Gasteiger partial charge in [0.2, 0.25) is 0 Å². The van der Waals surface area contributed by atoms with Crippen LogP contribution in [0.3, 0.4) is 0 Å². The maximum absolute atomic E-state index is 12.1. The number of carbonyl (C=O) groups is 2. The molecular weight excluding hydrogens is 264 g/mol. The fraction of sp³-hybridized carbons (Fsp3) is 0.462. The molecule has 1 aromatic heterocycles. The van der Waals surface area contributed by atoms with Crippen LogP contribution in [0.2, 0.25) is 0 Å². The highest BCUT2D eigenvalue weighted by atomic mass is 32.1. The number of hydrogen-bond acceptors (Lipinski definition) is 5. The van der Waals surface area contributed by atoms with Gasteiger partial charge in [0.05, 0.1) is 18.1 Å². The first kappa shape index (κ1) is 13.6. The maximum Gasteiger partial charge on any atom is 0.348 e. The number of hydrogen-bond donors (Lipinski definition) is 1. The third-order valence-electron chi connectivity index (χ3n) is 3.24. The van der Waals surface area contributed by atoms with Crippen LogP contribution in [0.15, 0.2) is 12.1 Å². The summed E-state index contributed by atoms with van der Waals surface area (Å²) in [4.78, 5) is 24.2. The molecule has 1 amide bonds. The maximum atomic E-state index is 12.1. The lowest BCUT2D eigenvalue weighted by Gasteiger charge is -2.21. The van der Waals surface area contributed by atoms with Crippen molar-refractivity contribution in [3.8, 4) is 6.07 Å². The number of nitriles is 1. The number of amides is 1. The first-order valence-electron chi connectivity index (χ1n) is 6.02. The van der Waals surface area contributed by atoms with Crippen LogP contribution < -0.4 is 5.32 Å². The van der Waals surface area contributed by atoms with Gasteiger partial charge in [-0.25, -0.2) is 4.79 Å². The Balaban J connectivity index is 2.10. The van der Waals surface area contributed by atoms with E-state index in [1.54, 1.807) is 12.1 Å². The standard InChI is InChI=1S/C13H14N2O3S/c1-18-12(17)10-5-4-9(19-10)11(16)15-13(8-14)6-2-3-7-13/h4-5H,2-3,6-7H2,1H3,(H,15,16). The lowest BCUT2D eigenvalue weighted by atomic mass is 10.00. The Morgan fingerprint density at radius 1 is 1.37 bits per heavy atom. The highest BCUT2D eigenvalue weighted by molar-refractivity contribution is 7.15. The second kappa shape index (κ2) is 5.41. The number of thiophene rings is 1. The second-order valence-corrected chi connectivity index (χ2v) is 5.59. The third kappa shape index (κ3) is 2.76. The SMILES string of the molecule is COC(=O)c1ccc(C(=O)NC2(C#N)CCCC2)s1. The summed E-state index contributed by atoms with van der Waals surface area (Å²) in [6.45, 7) is 0. The Bertz CT molecular complexity index is 538. The highest BCUT2D eigenvalue weighted by Gasteiger charge is 2.35. The molecule has 1 saturated carbocycles. The van der Waals surface area contributed by atoms with Crippen molar-refractivity contribution in [3.05, 3.63) is 21.9 Å². The molecule has 100 valence electrons. The van der Waals surface area contributed by atoms with Crippen LogP contribution in [-0.4, -0.2) is 24.5 Å². The number of ether oxygens (including phenoxy) is 1. The van der Waals surface area contributed by atoms with E-state index in [1.807, 2.05) is 0 Å². The number of nitrogens with zero attached hydrogens (tertiary/aromatic N) is 1. The summed E-state index contributed by atoms with van der Waals surface area (Å²) in [7, 11) is 1.30. The van der Waals surface area contributed by atoms with Crippen molar-refractivity contribution >= 4 is 23.2 Å². The van der Waals surface area contributed by atoms with Crippen LogP contribution in [0.1, 0.15) is 45.0 Å². The molecular formula is C13H14N2O3S. The molecule has 0 spiro atoms. The highest BCUT2D eigenvalue weighted by Crippen LogP contribution is 2.29. The van der Waals surface area contributed by atoms with Crippen molar-refractivity contribution in [1.82, 2.24) is 5.32 Å². The Hall–Kier alpha value is -1.87. The third-order valence-corrected chi connectivity index (χ3v) is 4.30. The van der Waals surface area contributed by atoms with E-state index >= 15 is 0 Å². The molecule has 0 unspecified atom stereocenters. The smallest absolute Gasteiger partial charge is 0.348 e. The van der Waals surface area contributed by atoms with E-state index in [2.05, 4.69) is 16.1 Å². The molecule has 1 aromatic rings. The Kier molecular flexibility index (Phi) is 3.86. The lowest BCUT2D eigenvalue weighted by Crippen LogP contribution is -2.44. The molecule has 1 aliphatic rings. The van der Waals surface area contributed by atoms with Gasteiger partial charge in [0.25, 0.3) is 5.91 Å². The van der Waals surface area contributed by atoms with Crippen LogP contribution in [0.4, 0.5) is 0 Å². The van der Waals surface area contributed by atoms with Gasteiger partial charge in [0.1, 0.15) is 10.4 Å². The van der Waals surface area contributed by atoms with E-state index in [0.717, 1.165) is 24.2 Å². The fourth-order valence-corrected chi connectivity index (χ4v) is 3.01. The van der Waals surface area contributed by atoms with Crippen molar-refractivity contribution < 1.29 is 14.3 Å². The molecule has 1 heterocycles. The zero-order valence-corrected chi connectivity index (χ0v) is 11.4. The molecule has 0 bridgehead atoms. The quantitative estimate of drug-likeness (QED) is 0.859. The molecule has 1 N–H and O–H groups in total. The summed E-state index contributed by atoms with van der Waals surface area (Å²) in [6, 6.07) is 5.33. The molecule has 1 aliphatic carbocycles. The first-order valence-corrected chi connectivity index (χ1v) is 6.84. The zero-order valence-electron chi connectivity index (χ0n) is 10.6. The number of esters is 1. The topological polar surface area (TPSA) is 79.2 Å². The molecule has 2 rings (SSSR count). The minimum atomic E-state index is -0.744. The van der Waals surface area contributed by atoms with Crippen molar-refractivity contribution in [2.24, 2.45) is 0 Å². The number of carbonyl (C=O) groups excluding carboxylic acids is 2. The average Bonchev–Trinajstić information content (AvgIpc) is 3.07. The van der Waals surface area contributed by atoms with Crippen LogP contribution in [0, 0.1) is 11.3 Å². The molecule has 0 atom stereocenters. The van der Waals surface area contributed by atoms with E-state index < -0.39 is 11.5 Å². The largest absolute Gasteiger partial charge is 0.465 e. The van der Waals surface area contributed by atoms with Crippen molar-refractivity contribution in [3.63, 3.8) is 0 Å². The summed E-state index contributed by atoms with van der Waals surface area (Å²) >= 11 is 1.07. The molecule has 5 nitrogen and oxygen atoms in total. The summed E-state index contributed by atoms with van der Waals surface area (Å²) < 4.78 is 4.59. The fourth-order valence-electron chi connectivity index (χ4n) is 2.19. The Morgan fingerprint density at radius 3 is 2.58 bits per heavy atom. The van der Waals surface area contributed by atoms with E-state index in [4.69, 9.17) is 0 Å². The Labute approximate surface area is 115 Å². The Morgan fingerprint density at radius 2 is 2.00 bits per heavy atom. The van der Waals surface area contributed by atoms with Gasteiger partial charge in [0, 0.05) is 0 Å². The first-order chi connectivity index (χ1) is 9.10. The predicted molar refractivity (Wildman–Crippen MR) is 69.9 cm³/mol. The van der Waals surface area contributed by atoms with Gasteiger partial charge in [-0.2, -0.15) is 5.26 Å². The second-order valence-electron chi connectivity index (χ2n) is 4.51. The molecule has 1 fully saturated rings. The monoisotopic (exact) mass is 278 g/mol. The predicted octanol–water partition coefficient (Wildman–Crippen LogP) is 2.10. The van der Waals surface area contributed by atoms with Crippen molar-refractivity contribution in [2.45, 2.75) is 31.2 Å². The zero-order chi connectivity index (χ0) is 13.9. The summed E-state index contributed by atoms with van der Waals surface area (Å²) in [6.07, 6.45) is 3.27. The summed E-state index contributed by atoms with van der Waals surface area (Å²) in [5.41, 5.74) is -0.744. The van der Waals surface area contributed by atoms with Gasteiger partial charge in [-0.05, 0) is 37.8 Å². The normalized spacial score (nSPS) is 16.6. The number of nitrogens with one attached hydrogen (secondary N) is 1. The van der Waals surface area contributed by atoms with Crippen LogP contribution in [0.5, 0.6) is 0 Å². The van der Waals surface area contributed by atoms with Gasteiger partial charge in [-0.1, -0.05) is 0 Å². The molecule has 0 aliphatic heterocycles. The van der Waals surface area contributed by atoms with Gasteiger partial charge >= 0.3 is 5.97 Å². The molecule has 0 aromatic carbocycles. The van der Waals surface area contributed by atoms with E-state index in [9.17, 15) is 14.9 Å². The lowest BCUT2D eigenvalue weighted by molar-refractivity contribution is 0.0606. The molecule has 19 heavy (non-hydrogen) atoms. The van der Waals surface area contributed by atoms with Crippen LogP contribution in [-0.2, 0) is 4.74 Å². The molecule has 6 heteroatoms. The van der Waals surface area contributed by atoms with Crippen molar-refractivity contribution in [1.29, 1.82) is 5.26 Å². The van der Waals surface area contributed by atoms with E-state index in [0.29, 0.717) is 22.6 Å². The molecule has 0 saturated heterocycles. The van der Waals surface area contributed by atoms with Crippen LogP contribution >= 0.6 is 11.3 Å². The van der Waals surface area contributed by atoms with E-state index in [-0.39, 0.29) is 5.91 Å². The average molecular weight is 278 g/mol. The minimum absolute atomic E-state index is 0.302. The van der Waals surface area contributed by atoms with E-state index in [1.165, 1.54) is 7.11 Å². The summed E-state index contributed by atoms with van der Waals surface area (Å²) in [5, 5.41) is 12.0. The van der Waals surface area contributed by atoms with Crippen LogP contribution in [0.25, 0.3) is 0 Å². The molecule has 0 radical (unpaired) electrons. The van der Waals surface area contributed by atoms with Crippen molar-refractivity contribution in [2.75, 3.05) is 7.11 Å². The van der Waals surface area contributed by atoms with Gasteiger partial charge in [-0.15, -0.1) is 11.3 Å². The van der Waals surface area contributed by atoms with Gasteiger partial charge < -0.3 is 10.1 Å². The minimum Gasteiger partial charge on any atom is -0.465 e.